The van der Waals surface area contributed by atoms with Crippen molar-refractivity contribution in [2.24, 2.45) is 11.7 Å². The summed E-state index contributed by atoms with van der Waals surface area (Å²) in [5.41, 5.74) is 5.90. The van der Waals surface area contributed by atoms with Gasteiger partial charge < -0.3 is 16.4 Å². The number of amides is 1. The van der Waals surface area contributed by atoms with Crippen molar-refractivity contribution in [3.63, 3.8) is 0 Å². The summed E-state index contributed by atoms with van der Waals surface area (Å²) in [5, 5.41) is 6.94. The Morgan fingerprint density at radius 2 is 2.19 bits per heavy atom. The fourth-order valence-electron chi connectivity index (χ4n) is 2.52. The van der Waals surface area contributed by atoms with Crippen LogP contribution in [-0.2, 0) is 4.79 Å². The summed E-state index contributed by atoms with van der Waals surface area (Å²) in [7, 11) is 0. The second kappa shape index (κ2) is 7.82. The molecule has 1 fully saturated rings. The number of halogens is 2. The molecule has 21 heavy (non-hydrogen) atoms. The van der Waals surface area contributed by atoms with Gasteiger partial charge in [-0.2, -0.15) is 0 Å². The van der Waals surface area contributed by atoms with Crippen LogP contribution in [0.1, 0.15) is 25.7 Å². The number of anilines is 1. The molecule has 0 radical (unpaired) electrons. The molecule has 0 bridgehead atoms. The minimum Gasteiger partial charge on any atom is -0.367 e. The Morgan fingerprint density at radius 3 is 2.90 bits per heavy atom. The van der Waals surface area contributed by atoms with Gasteiger partial charge in [0.15, 0.2) is 0 Å². The molecule has 4 N–H and O–H groups in total. The van der Waals surface area contributed by atoms with E-state index in [0.29, 0.717) is 29.0 Å². The number of carbonyl (C=O) groups is 1. The maximum absolute atomic E-state index is 12.0. The van der Waals surface area contributed by atoms with E-state index in [9.17, 15) is 4.79 Å². The third-order valence-electron chi connectivity index (χ3n) is 3.61. The van der Waals surface area contributed by atoms with Crippen molar-refractivity contribution in [1.29, 1.82) is 0 Å². The molecular formula is C14H20Cl2N4O. The summed E-state index contributed by atoms with van der Waals surface area (Å²) >= 11 is 11.8. The average molecular weight is 331 g/mol. The average Bonchev–Trinajstić information content (AvgIpc) is 2.45. The van der Waals surface area contributed by atoms with Crippen LogP contribution in [0.3, 0.4) is 0 Å². The van der Waals surface area contributed by atoms with Crippen LogP contribution in [0.2, 0.25) is 10.0 Å². The molecule has 0 aliphatic heterocycles. The largest absolute Gasteiger partial charge is 0.367 e. The van der Waals surface area contributed by atoms with Crippen LogP contribution in [0.5, 0.6) is 0 Å². The first-order valence-electron chi connectivity index (χ1n) is 7.14. The van der Waals surface area contributed by atoms with Gasteiger partial charge in [-0.25, -0.2) is 4.98 Å². The molecule has 0 aromatic carbocycles. The number of carbonyl (C=O) groups excluding carboxylic acids is 1. The predicted molar refractivity (Wildman–Crippen MR) is 85.7 cm³/mol. The highest BCUT2D eigenvalue weighted by Crippen LogP contribution is 2.23. The topological polar surface area (TPSA) is 80.0 Å². The molecule has 7 heteroatoms. The summed E-state index contributed by atoms with van der Waals surface area (Å²) < 4.78 is 0. The third kappa shape index (κ3) is 5.02. The van der Waals surface area contributed by atoms with E-state index in [1.807, 2.05) is 0 Å². The zero-order valence-electron chi connectivity index (χ0n) is 11.7. The number of aromatic nitrogens is 1. The van der Waals surface area contributed by atoms with Gasteiger partial charge in [-0.15, -0.1) is 0 Å². The molecule has 1 aromatic heterocycles. The Bertz CT molecular complexity index is 498. The normalized spacial score (nSPS) is 21.9. The van der Waals surface area contributed by atoms with Crippen molar-refractivity contribution >= 4 is 34.9 Å². The fraction of sp³-hybridized carbons (Fsp3) is 0.571. The molecule has 1 saturated carbocycles. The van der Waals surface area contributed by atoms with Gasteiger partial charge in [-0.05, 0) is 25.3 Å². The Morgan fingerprint density at radius 1 is 1.38 bits per heavy atom. The summed E-state index contributed by atoms with van der Waals surface area (Å²) in [6.45, 7) is 1.07. The molecule has 1 aromatic rings. The van der Waals surface area contributed by atoms with Crippen LogP contribution in [0.25, 0.3) is 0 Å². The summed E-state index contributed by atoms with van der Waals surface area (Å²) in [6.07, 6.45) is 5.28. The van der Waals surface area contributed by atoms with Crippen molar-refractivity contribution in [1.82, 2.24) is 10.3 Å². The summed E-state index contributed by atoms with van der Waals surface area (Å²) in [6, 6.07) is 1.78. The quantitative estimate of drug-likeness (QED) is 0.724. The molecule has 1 amide bonds. The van der Waals surface area contributed by atoms with E-state index in [1.54, 1.807) is 6.07 Å². The first-order valence-corrected chi connectivity index (χ1v) is 7.90. The number of nitrogens with two attached hydrogens (primary N) is 1. The molecule has 2 atom stereocenters. The molecule has 116 valence electrons. The van der Waals surface area contributed by atoms with Crippen LogP contribution in [0.15, 0.2) is 12.3 Å². The lowest BCUT2D eigenvalue weighted by Crippen LogP contribution is -2.39. The van der Waals surface area contributed by atoms with E-state index in [4.69, 9.17) is 28.9 Å². The third-order valence-corrected chi connectivity index (χ3v) is 4.10. The Kier molecular flexibility index (Phi) is 6.08. The Hall–Kier alpha value is -1.04. The van der Waals surface area contributed by atoms with Crippen LogP contribution < -0.4 is 16.4 Å². The van der Waals surface area contributed by atoms with Gasteiger partial charge in [0.2, 0.25) is 5.91 Å². The lowest BCUT2D eigenvalue weighted by atomic mass is 9.85. The fourth-order valence-corrected chi connectivity index (χ4v) is 2.97. The van der Waals surface area contributed by atoms with Gasteiger partial charge >= 0.3 is 0 Å². The van der Waals surface area contributed by atoms with Gasteiger partial charge in [0.1, 0.15) is 5.82 Å². The highest BCUT2D eigenvalue weighted by Gasteiger charge is 2.24. The van der Waals surface area contributed by atoms with Gasteiger partial charge in [0, 0.05) is 31.2 Å². The SMILES string of the molecule is NC1CCCC(C(=O)NCCNc2ncc(Cl)cc2Cl)C1. The van der Waals surface area contributed by atoms with Crippen molar-refractivity contribution in [3.05, 3.63) is 22.3 Å². The van der Waals surface area contributed by atoms with Crippen LogP contribution in [0, 0.1) is 5.92 Å². The molecule has 1 aliphatic rings. The van der Waals surface area contributed by atoms with Crippen molar-refractivity contribution in [2.75, 3.05) is 18.4 Å². The van der Waals surface area contributed by atoms with E-state index in [0.717, 1.165) is 25.7 Å². The Balaban J connectivity index is 1.70. The molecule has 1 heterocycles. The van der Waals surface area contributed by atoms with Crippen molar-refractivity contribution < 1.29 is 4.79 Å². The first-order chi connectivity index (χ1) is 10.1. The summed E-state index contributed by atoms with van der Waals surface area (Å²) in [5.74, 6) is 0.697. The van der Waals surface area contributed by atoms with Crippen LogP contribution in [-0.4, -0.2) is 30.0 Å². The van der Waals surface area contributed by atoms with E-state index in [1.165, 1.54) is 6.20 Å². The smallest absolute Gasteiger partial charge is 0.223 e. The van der Waals surface area contributed by atoms with E-state index < -0.39 is 0 Å². The van der Waals surface area contributed by atoms with E-state index in [-0.39, 0.29) is 17.9 Å². The molecule has 2 unspecified atom stereocenters. The van der Waals surface area contributed by atoms with Crippen molar-refractivity contribution in [3.8, 4) is 0 Å². The van der Waals surface area contributed by atoms with E-state index in [2.05, 4.69) is 15.6 Å². The zero-order chi connectivity index (χ0) is 15.2. The van der Waals surface area contributed by atoms with Gasteiger partial charge in [0.25, 0.3) is 0 Å². The molecule has 2 rings (SSSR count). The van der Waals surface area contributed by atoms with Gasteiger partial charge in [0.05, 0.1) is 10.0 Å². The molecule has 1 aliphatic carbocycles. The maximum Gasteiger partial charge on any atom is 0.223 e. The lowest BCUT2D eigenvalue weighted by Gasteiger charge is -2.25. The summed E-state index contributed by atoms with van der Waals surface area (Å²) in [4.78, 5) is 16.1. The highest BCUT2D eigenvalue weighted by molar-refractivity contribution is 6.35. The predicted octanol–water partition coefficient (Wildman–Crippen LogP) is 2.43. The monoisotopic (exact) mass is 330 g/mol. The second-order valence-corrected chi connectivity index (χ2v) is 6.17. The molecule has 0 saturated heterocycles. The van der Waals surface area contributed by atoms with Gasteiger partial charge in [-0.1, -0.05) is 29.6 Å². The number of nitrogens with zero attached hydrogens (tertiary/aromatic N) is 1. The molecule has 0 spiro atoms. The highest BCUT2D eigenvalue weighted by atomic mass is 35.5. The first kappa shape index (κ1) is 16.3. The standard InChI is InChI=1S/C14H20Cl2N4O/c15-10-7-12(16)13(20-8-10)18-4-5-19-14(21)9-2-1-3-11(17)6-9/h7-9,11H,1-6,17H2,(H,18,20)(H,19,21). The minimum atomic E-state index is 0.0472. The Labute approximate surface area is 134 Å². The van der Waals surface area contributed by atoms with Crippen LogP contribution in [0.4, 0.5) is 5.82 Å². The maximum atomic E-state index is 12.0. The number of rotatable bonds is 5. The second-order valence-electron chi connectivity index (χ2n) is 5.33. The molecule has 5 nitrogen and oxygen atoms in total. The number of hydrogen-bond acceptors (Lipinski definition) is 4. The minimum absolute atomic E-state index is 0.0472. The molecular weight excluding hydrogens is 311 g/mol. The number of hydrogen-bond donors (Lipinski definition) is 3. The zero-order valence-corrected chi connectivity index (χ0v) is 13.3. The van der Waals surface area contributed by atoms with Crippen molar-refractivity contribution in [2.45, 2.75) is 31.7 Å². The number of pyridine rings is 1. The van der Waals surface area contributed by atoms with Crippen LogP contribution >= 0.6 is 23.2 Å². The lowest BCUT2D eigenvalue weighted by molar-refractivity contribution is -0.126. The van der Waals surface area contributed by atoms with Gasteiger partial charge in [-0.3, -0.25) is 4.79 Å². The van der Waals surface area contributed by atoms with E-state index >= 15 is 0 Å². The number of nitrogens with one attached hydrogen (secondary N) is 2.